The van der Waals surface area contributed by atoms with Gasteiger partial charge < -0.3 is 15.3 Å². The number of aliphatic hydroxyl groups excluding tert-OH is 1. The van der Waals surface area contributed by atoms with Gasteiger partial charge in [-0.05, 0) is 56.9 Å². The van der Waals surface area contributed by atoms with E-state index in [1.165, 1.54) is 12.0 Å². The van der Waals surface area contributed by atoms with Crippen molar-refractivity contribution in [2.45, 2.75) is 63.6 Å². The first kappa shape index (κ1) is 20.3. The van der Waals surface area contributed by atoms with E-state index in [0.717, 1.165) is 73.2 Å². The molecular formula is C25H31N5O. The molecule has 2 aliphatic rings. The molecule has 0 spiro atoms. The standard InChI is InChI=1S/C25H31N5O/c1-17-6-7-21-18(14-17)15-20(22-8-11-26-16-27-22)25(29-21)30-12-9-19(10-13-30)28-23-4-2-3-5-24(23)31/h6-8,11,14-16,19,23-24,28,31H,2-5,9-10,12-13H2,1H3/t23-,24-/m0/s1. The predicted molar refractivity (Wildman–Crippen MR) is 124 cm³/mol. The van der Waals surface area contributed by atoms with Crippen LogP contribution in [0.25, 0.3) is 22.2 Å². The van der Waals surface area contributed by atoms with Gasteiger partial charge in [0.15, 0.2) is 0 Å². The summed E-state index contributed by atoms with van der Waals surface area (Å²) < 4.78 is 0. The van der Waals surface area contributed by atoms with E-state index in [1.807, 2.05) is 6.07 Å². The minimum Gasteiger partial charge on any atom is -0.392 e. The molecule has 0 radical (unpaired) electrons. The molecule has 31 heavy (non-hydrogen) atoms. The fraction of sp³-hybridized carbons (Fsp3) is 0.480. The fourth-order valence-corrected chi connectivity index (χ4v) is 5.03. The van der Waals surface area contributed by atoms with E-state index < -0.39 is 0 Å². The highest BCUT2D eigenvalue weighted by molar-refractivity contribution is 5.89. The molecule has 2 N–H and O–H groups in total. The lowest BCUT2D eigenvalue weighted by molar-refractivity contribution is 0.0828. The number of anilines is 1. The zero-order valence-corrected chi connectivity index (χ0v) is 18.2. The van der Waals surface area contributed by atoms with Gasteiger partial charge in [0.25, 0.3) is 0 Å². The van der Waals surface area contributed by atoms with Crippen molar-refractivity contribution in [3.8, 4) is 11.3 Å². The molecule has 2 fully saturated rings. The Bertz CT molecular complexity index is 1030. The summed E-state index contributed by atoms with van der Waals surface area (Å²) in [6.07, 6.45) is 9.70. The summed E-state index contributed by atoms with van der Waals surface area (Å²) in [4.78, 5) is 16.1. The molecule has 0 bridgehead atoms. The van der Waals surface area contributed by atoms with Crippen LogP contribution in [-0.2, 0) is 0 Å². The smallest absolute Gasteiger partial charge is 0.138 e. The molecule has 0 unspecified atom stereocenters. The number of aliphatic hydroxyl groups is 1. The van der Waals surface area contributed by atoms with Crippen LogP contribution < -0.4 is 10.2 Å². The number of nitrogens with zero attached hydrogens (tertiary/aromatic N) is 4. The van der Waals surface area contributed by atoms with Crippen LogP contribution in [0.2, 0.25) is 0 Å². The average molecular weight is 418 g/mol. The van der Waals surface area contributed by atoms with Crippen molar-refractivity contribution < 1.29 is 5.11 Å². The zero-order chi connectivity index (χ0) is 21.2. The molecule has 2 atom stereocenters. The number of piperidine rings is 1. The van der Waals surface area contributed by atoms with Crippen LogP contribution in [0.4, 0.5) is 5.82 Å². The first-order valence-electron chi connectivity index (χ1n) is 11.5. The Morgan fingerprint density at radius 2 is 1.87 bits per heavy atom. The first-order chi connectivity index (χ1) is 15.2. The molecule has 1 aliphatic heterocycles. The molecule has 0 amide bonds. The van der Waals surface area contributed by atoms with E-state index in [0.29, 0.717) is 6.04 Å². The van der Waals surface area contributed by atoms with Crippen molar-refractivity contribution in [2.75, 3.05) is 18.0 Å². The molecule has 5 rings (SSSR count). The SMILES string of the molecule is Cc1ccc2nc(N3CCC(N[C@H]4CCCC[C@@H]4O)CC3)c(-c3ccncn3)cc2c1. The highest BCUT2D eigenvalue weighted by Crippen LogP contribution is 2.33. The first-order valence-corrected chi connectivity index (χ1v) is 11.5. The van der Waals surface area contributed by atoms with E-state index in [9.17, 15) is 5.11 Å². The quantitative estimate of drug-likeness (QED) is 0.671. The summed E-state index contributed by atoms with van der Waals surface area (Å²) in [6.45, 7) is 4.00. The van der Waals surface area contributed by atoms with Crippen LogP contribution in [0, 0.1) is 6.92 Å². The van der Waals surface area contributed by atoms with Gasteiger partial charge in [0.2, 0.25) is 0 Å². The maximum atomic E-state index is 10.3. The number of nitrogens with one attached hydrogen (secondary N) is 1. The lowest BCUT2D eigenvalue weighted by Crippen LogP contribution is -2.51. The molecule has 6 heteroatoms. The molecule has 162 valence electrons. The second kappa shape index (κ2) is 8.89. The molecule has 3 heterocycles. The van der Waals surface area contributed by atoms with Crippen LogP contribution in [-0.4, -0.2) is 51.3 Å². The molecule has 1 aliphatic carbocycles. The minimum absolute atomic E-state index is 0.193. The number of hydrogen-bond donors (Lipinski definition) is 2. The Balaban J connectivity index is 1.39. The van der Waals surface area contributed by atoms with Crippen molar-refractivity contribution >= 4 is 16.7 Å². The number of benzene rings is 1. The van der Waals surface area contributed by atoms with E-state index in [2.05, 4.69) is 51.4 Å². The Morgan fingerprint density at radius 1 is 1.03 bits per heavy atom. The fourth-order valence-electron chi connectivity index (χ4n) is 5.03. The van der Waals surface area contributed by atoms with Crippen molar-refractivity contribution in [1.29, 1.82) is 0 Å². The summed E-state index contributed by atoms with van der Waals surface area (Å²) in [5.41, 5.74) is 4.22. The summed E-state index contributed by atoms with van der Waals surface area (Å²) >= 11 is 0. The monoisotopic (exact) mass is 417 g/mol. The maximum absolute atomic E-state index is 10.3. The Morgan fingerprint density at radius 3 is 2.65 bits per heavy atom. The lowest BCUT2D eigenvalue weighted by atomic mass is 9.91. The number of aryl methyl sites for hydroxylation is 1. The van der Waals surface area contributed by atoms with Gasteiger partial charge >= 0.3 is 0 Å². The highest BCUT2D eigenvalue weighted by atomic mass is 16.3. The van der Waals surface area contributed by atoms with Crippen molar-refractivity contribution in [3.05, 3.63) is 48.4 Å². The normalized spacial score (nSPS) is 22.7. The number of pyridine rings is 1. The van der Waals surface area contributed by atoms with Gasteiger partial charge in [-0.1, -0.05) is 24.5 Å². The van der Waals surface area contributed by atoms with Crippen LogP contribution in [0.1, 0.15) is 44.1 Å². The third-order valence-electron chi connectivity index (χ3n) is 6.78. The number of hydrogen-bond acceptors (Lipinski definition) is 6. The van der Waals surface area contributed by atoms with Crippen molar-refractivity contribution in [3.63, 3.8) is 0 Å². The Kier molecular flexibility index (Phi) is 5.83. The van der Waals surface area contributed by atoms with Gasteiger partial charge in [-0.3, -0.25) is 0 Å². The van der Waals surface area contributed by atoms with Gasteiger partial charge in [0.1, 0.15) is 12.1 Å². The number of aromatic nitrogens is 3. The van der Waals surface area contributed by atoms with Crippen molar-refractivity contribution in [1.82, 2.24) is 20.3 Å². The largest absolute Gasteiger partial charge is 0.392 e. The molecule has 1 aromatic carbocycles. The van der Waals surface area contributed by atoms with E-state index in [1.54, 1.807) is 12.5 Å². The summed E-state index contributed by atoms with van der Waals surface area (Å²) in [6, 6.07) is 11.3. The molecule has 6 nitrogen and oxygen atoms in total. The maximum Gasteiger partial charge on any atom is 0.138 e. The molecule has 1 saturated heterocycles. The van der Waals surface area contributed by atoms with E-state index in [-0.39, 0.29) is 12.1 Å². The van der Waals surface area contributed by atoms with Crippen LogP contribution >= 0.6 is 0 Å². The molecular weight excluding hydrogens is 386 g/mol. The van der Waals surface area contributed by atoms with E-state index in [4.69, 9.17) is 4.98 Å². The predicted octanol–water partition coefficient (Wildman–Crippen LogP) is 3.86. The van der Waals surface area contributed by atoms with Crippen LogP contribution in [0.5, 0.6) is 0 Å². The molecule has 2 aromatic heterocycles. The average Bonchev–Trinajstić information content (AvgIpc) is 2.81. The van der Waals surface area contributed by atoms with E-state index >= 15 is 0 Å². The third kappa shape index (κ3) is 4.41. The van der Waals surface area contributed by atoms with Gasteiger partial charge in [-0.2, -0.15) is 0 Å². The Labute approximate surface area is 183 Å². The van der Waals surface area contributed by atoms with Gasteiger partial charge in [0.05, 0.1) is 17.3 Å². The Hall–Kier alpha value is -2.57. The second-order valence-electron chi connectivity index (χ2n) is 9.04. The zero-order valence-electron chi connectivity index (χ0n) is 18.2. The summed E-state index contributed by atoms with van der Waals surface area (Å²) in [7, 11) is 0. The summed E-state index contributed by atoms with van der Waals surface area (Å²) in [5.74, 6) is 1.01. The van der Waals surface area contributed by atoms with Gasteiger partial charge in [0, 0.05) is 42.3 Å². The van der Waals surface area contributed by atoms with Gasteiger partial charge in [-0.25, -0.2) is 15.0 Å². The van der Waals surface area contributed by atoms with Crippen molar-refractivity contribution in [2.24, 2.45) is 0 Å². The second-order valence-corrected chi connectivity index (χ2v) is 9.04. The highest BCUT2D eigenvalue weighted by Gasteiger charge is 2.28. The minimum atomic E-state index is -0.193. The molecule has 3 aromatic rings. The molecule has 1 saturated carbocycles. The number of rotatable bonds is 4. The van der Waals surface area contributed by atoms with Crippen LogP contribution in [0.15, 0.2) is 42.9 Å². The third-order valence-corrected chi connectivity index (χ3v) is 6.78. The van der Waals surface area contributed by atoms with Gasteiger partial charge in [-0.15, -0.1) is 0 Å². The number of fused-ring (bicyclic) bond motifs is 1. The summed E-state index contributed by atoms with van der Waals surface area (Å²) in [5, 5.41) is 15.2. The lowest BCUT2D eigenvalue weighted by Gasteiger charge is -2.38. The van der Waals surface area contributed by atoms with Crippen LogP contribution in [0.3, 0.4) is 0 Å². The topological polar surface area (TPSA) is 74.2 Å².